The van der Waals surface area contributed by atoms with Crippen LogP contribution in [0.2, 0.25) is 0 Å². The number of fused-ring (bicyclic) bond motifs is 1. The number of hydrogen-bond donors (Lipinski definition) is 1. The Hall–Kier alpha value is -3.43. The molecule has 2 fully saturated rings. The summed E-state index contributed by atoms with van der Waals surface area (Å²) in [5, 5.41) is 8.11. The summed E-state index contributed by atoms with van der Waals surface area (Å²) in [6, 6.07) is 14.3. The molecule has 1 N–H and O–H groups in total. The van der Waals surface area contributed by atoms with Crippen LogP contribution in [0.25, 0.3) is 10.9 Å². The largest absolute Gasteiger partial charge is 0.443 e. The molecule has 0 atom stereocenters. The molecule has 5 rings (SSSR count). The van der Waals surface area contributed by atoms with Crippen molar-refractivity contribution in [2.75, 3.05) is 25.0 Å². The minimum absolute atomic E-state index is 0. The standard InChI is InChI=1S/C23H23N5O4.ClH/c1-26-20(29)23(9-11-24-12-10-23)27(21(26)30)18-7-8-19-17(13-18)14-25-28(19)22(31)32-15-16-5-3-2-4-6-16;/h2-8,13-14,24H,9-12,15H2,1H3;1H. The lowest BCUT2D eigenvalue weighted by Crippen LogP contribution is -2.56. The lowest BCUT2D eigenvalue weighted by molar-refractivity contribution is -0.130. The Morgan fingerprint density at radius 1 is 1.12 bits per heavy atom. The highest BCUT2D eigenvalue weighted by atomic mass is 35.5. The van der Waals surface area contributed by atoms with Gasteiger partial charge in [-0.3, -0.25) is 14.6 Å². The van der Waals surface area contributed by atoms with Crippen molar-refractivity contribution in [3.63, 3.8) is 0 Å². The molecule has 0 aliphatic carbocycles. The maximum absolute atomic E-state index is 13.0. The molecule has 33 heavy (non-hydrogen) atoms. The van der Waals surface area contributed by atoms with Gasteiger partial charge in [-0.1, -0.05) is 30.3 Å². The van der Waals surface area contributed by atoms with E-state index in [9.17, 15) is 14.4 Å². The first-order valence-electron chi connectivity index (χ1n) is 10.5. The minimum atomic E-state index is -0.880. The number of urea groups is 1. The van der Waals surface area contributed by atoms with Gasteiger partial charge in [0.05, 0.1) is 11.7 Å². The number of anilines is 1. The molecule has 10 heteroatoms. The van der Waals surface area contributed by atoms with Crippen LogP contribution < -0.4 is 10.2 Å². The fourth-order valence-electron chi connectivity index (χ4n) is 4.55. The number of likely N-dealkylation sites (N-methyl/N-ethyl adjacent to an activating group) is 1. The number of benzene rings is 2. The Bertz CT molecular complexity index is 1210. The van der Waals surface area contributed by atoms with Crippen LogP contribution in [0, 0.1) is 0 Å². The highest BCUT2D eigenvalue weighted by Gasteiger charge is 2.56. The number of amides is 3. The smallest absolute Gasteiger partial charge is 0.435 e. The van der Waals surface area contributed by atoms with Gasteiger partial charge in [0, 0.05) is 18.1 Å². The van der Waals surface area contributed by atoms with Crippen LogP contribution in [-0.2, 0) is 16.1 Å². The van der Waals surface area contributed by atoms with E-state index in [1.54, 1.807) is 29.3 Å². The van der Waals surface area contributed by atoms with E-state index in [0.29, 0.717) is 42.5 Å². The third kappa shape index (κ3) is 3.73. The van der Waals surface area contributed by atoms with Crippen LogP contribution in [0.3, 0.4) is 0 Å². The third-order valence-corrected chi connectivity index (χ3v) is 6.23. The van der Waals surface area contributed by atoms with Crippen LogP contribution >= 0.6 is 12.4 Å². The molecule has 0 unspecified atom stereocenters. The minimum Gasteiger partial charge on any atom is -0.443 e. The maximum atomic E-state index is 13.0. The molecule has 3 amide bonds. The van der Waals surface area contributed by atoms with Crippen molar-refractivity contribution < 1.29 is 19.1 Å². The SMILES string of the molecule is CN1C(=O)N(c2ccc3c(cnn3C(=O)OCc3ccccc3)c2)C2(CCNCC2)C1=O.Cl. The summed E-state index contributed by atoms with van der Waals surface area (Å²) >= 11 is 0. The lowest BCUT2D eigenvalue weighted by Gasteiger charge is -2.38. The average molecular weight is 470 g/mol. The quantitative estimate of drug-likeness (QED) is 0.592. The van der Waals surface area contributed by atoms with Crippen molar-refractivity contribution in [3.8, 4) is 0 Å². The van der Waals surface area contributed by atoms with E-state index in [4.69, 9.17) is 4.74 Å². The summed E-state index contributed by atoms with van der Waals surface area (Å²) in [6.07, 6.45) is 2.07. The van der Waals surface area contributed by atoms with Crippen LogP contribution in [0.1, 0.15) is 18.4 Å². The van der Waals surface area contributed by atoms with Crippen molar-refractivity contribution in [1.29, 1.82) is 0 Å². The second-order valence-corrected chi connectivity index (χ2v) is 8.10. The van der Waals surface area contributed by atoms with Crippen LogP contribution in [0.5, 0.6) is 0 Å². The van der Waals surface area contributed by atoms with Crippen molar-refractivity contribution in [3.05, 3.63) is 60.3 Å². The van der Waals surface area contributed by atoms with Crippen LogP contribution in [0.4, 0.5) is 15.3 Å². The highest BCUT2D eigenvalue weighted by Crippen LogP contribution is 2.39. The number of imide groups is 1. The summed E-state index contributed by atoms with van der Waals surface area (Å²) in [5.41, 5.74) is 1.18. The number of aromatic nitrogens is 2. The summed E-state index contributed by atoms with van der Waals surface area (Å²) in [6.45, 7) is 1.47. The van der Waals surface area contributed by atoms with E-state index in [2.05, 4.69) is 10.4 Å². The molecule has 1 spiro atoms. The van der Waals surface area contributed by atoms with E-state index in [1.807, 2.05) is 30.3 Å². The predicted molar refractivity (Wildman–Crippen MR) is 124 cm³/mol. The molecule has 0 saturated carbocycles. The molecular formula is C23H24ClN5O4. The van der Waals surface area contributed by atoms with Crippen molar-refractivity contribution in [1.82, 2.24) is 20.0 Å². The van der Waals surface area contributed by atoms with Gasteiger partial charge >= 0.3 is 12.1 Å². The number of carbonyl (C=O) groups is 3. The molecule has 2 aliphatic rings. The van der Waals surface area contributed by atoms with E-state index >= 15 is 0 Å². The number of piperidine rings is 1. The van der Waals surface area contributed by atoms with Gasteiger partial charge in [0.2, 0.25) is 0 Å². The topological polar surface area (TPSA) is 96.8 Å². The monoisotopic (exact) mass is 469 g/mol. The molecule has 1 aromatic heterocycles. The Balaban J connectivity index is 0.00000259. The van der Waals surface area contributed by atoms with Crippen LogP contribution in [0.15, 0.2) is 54.7 Å². The fourth-order valence-corrected chi connectivity index (χ4v) is 4.55. The predicted octanol–water partition coefficient (Wildman–Crippen LogP) is 3.16. The van der Waals surface area contributed by atoms with Crippen molar-refractivity contribution in [2.45, 2.75) is 25.0 Å². The molecule has 172 valence electrons. The molecule has 9 nitrogen and oxygen atoms in total. The number of carbonyl (C=O) groups excluding carboxylic acids is 3. The molecular weight excluding hydrogens is 446 g/mol. The van der Waals surface area contributed by atoms with Crippen LogP contribution in [-0.4, -0.2) is 58.4 Å². The van der Waals surface area contributed by atoms with Gasteiger partial charge in [-0.05, 0) is 49.7 Å². The van der Waals surface area contributed by atoms with Crippen molar-refractivity contribution in [2.24, 2.45) is 0 Å². The molecule has 2 saturated heterocycles. The summed E-state index contributed by atoms with van der Waals surface area (Å²) in [5.74, 6) is -0.177. The highest BCUT2D eigenvalue weighted by molar-refractivity contribution is 6.17. The number of rotatable bonds is 3. The first-order valence-corrected chi connectivity index (χ1v) is 10.5. The first-order chi connectivity index (χ1) is 15.5. The first kappa shape index (κ1) is 22.8. The Morgan fingerprint density at radius 3 is 2.58 bits per heavy atom. The number of halogens is 1. The van der Waals surface area contributed by atoms with Gasteiger partial charge in [-0.15, -0.1) is 12.4 Å². The summed E-state index contributed by atoms with van der Waals surface area (Å²) < 4.78 is 6.58. The zero-order chi connectivity index (χ0) is 22.3. The zero-order valence-corrected chi connectivity index (χ0v) is 18.9. The zero-order valence-electron chi connectivity index (χ0n) is 18.1. The van der Waals surface area contributed by atoms with Gasteiger partial charge < -0.3 is 10.1 Å². The summed E-state index contributed by atoms with van der Waals surface area (Å²) in [4.78, 5) is 41.3. The van der Waals surface area contributed by atoms with E-state index in [0.717, 1.165) is 5.56 Å². The van der Waals surface area contributed by atoms with Gasteiger partial charge in [-0.2, -0.15) is 9.78 Å². The van der Waals surface area contributed by atoms with Gasteiger partial charge in [0.15, 0.2) is 0 Å². The van der Waals surface area contributed by atoms with Crippen molar-refractivity contribution >= 4 is 47.0 Å². The number of ether oxygens (including phenoxy) is 1. The Labute approximate surface area is 196 Å². The van der Waals surface area contributed by atoms with E-state index in [1.165, 1.54) is 16.6 Å². The second-order valence-electron chi connectivity index (χ2n) is 8.10. The average Bonchev–Trinajstić information content (AvgIpc) is 3.32. The number of nitrogens with zero attached hydrogens (tertiary/aromatic N) is 4. The lowest BCUT2D eigenvalue weighted by atomic mass is 9.86. The maximum Gasteiger partial charge on any atom is 0.435 e. The Kier molecular flexibility index (Phi) is 6.09. The molecule has 2 aliphatic heterocycles. The molecule has 0 radical (unpaired) electrons. The second kappa shape index (κ2) is 8.84. The molecule has 2 aromatic carbocycles. The number of nitrogens with one attached hydrogen (secondary N) is 1. The third-order valence-electron chi connectivity index (χ3n) is 6.23. The van der Waals surface area contributed by atoms with Gasteiger partial charge in [-0.25, -0.2) is 9.59 Å². The normalized spacial score (nSPS) is 17.5. The molecule has 3 heterocycles. The van der Waals surface area contributed by atoms with E-state index in [-0.39, 0.29) is 31.0 Å². The summed E-state index contributed by atoms with van der Waals surface area (Å²) in [7, 11) is 1.52. The molecule has 0 bridgehead atoms. The number of hydrogen-bond acceptors (Lipinski definition) is 6. The Morgan fingerprint density at radius 2 is 1.85 bits per heavy atom. The van der Waals surface area contributed by atoms with Gasteiger partial charge in [0.1, 0.15) is 12.1 Å². The molecule has 3 aromatic rings. The fraction of sp³-hybridized carbons (Fsp3) is 0.304. The van der Waals surface area contributed by atoms with E-state index < -0.39 is 11.6 Å². The van der Waals surface area contributed by atoms with Gasteiger partial charge in [0.25, 0.3) is 5.91 Å².